The standard InChI is InChI=1S/C18H20ClNO3/c1-2-10-22-16-8-3-4-9-17(16)23-13-18(21)20-12-14-6-5-7-15(19)11-14/h3-9,11H,2,10,12-13H2,1H3,(H,20,21). The van der Waals surface area contributed by atoms with Crippen molar-refractivity contribution < 1.29 is 14.3 Å². The minimum absolute atomic E-state index is 0.0624. The van der Waals surface area contributed by atoms with Crippen LogP contribution in [0.3, 0.4) is 0 Å². The Kier molecular flexibility index (Phi) is 6.76. The maximum absolute atomic E-state index is 11.9. The van der Waals surface area contributed by atoms with Crippen molar-refractivity contribution >= 4 is 17.5 Å². The van der Waals surface area contributed by atoms with Crippen LogP contribution >= 0.6 is 11.6 Å². The smallest absolute Gasteiger partial charge is 0.258 e. The summed E-state index contributed by atoms with van der Waals surface area (Å²) in [4.78, 5) is 11.9. The number of hydrogen-bond acceptors (Lipinski definition) is 3. The Morgan fingerprint density at radius 2 is 1.83 bits per heavy atom. The van der Waals surface area contributed by atoms with E-state index in [9.17, 15) is 4.79 Å². The van der Waals surface area contributed by atoms with Crippen molar-refractivity contribution in [2.24, 2.45) is 0 Å². The predicted molar refractivity (Wildman–Crippen MR) is 91.0 cm³/mol. The quantitative estimate of drug-likeness (QED) is 0.798. The Hall–Kier alpha value is -2.20. The van der Waals surface area contributed by atoms with Crippen molar-refractivity contribution in [1.82, 2.24) is 5.32 Å². The zero-order valence-corrected chi connectivity index (χ0v) is 13.8. The first kappa shape index (κ1) is 17.2. The number of carbonyl (C=O) groups excluding carboxylic acids is 1. The van der Waals surface area contributed by atoms with E-state index in [0.717, 1.165) is 12.0 Å². The molecular formula is C18H20ClNO3. The van der Waals surface area contributed by atoms with Gasteiger partial charge in [0.1, 0.15) is 0 Å². The lowest BCUT2D eigenvalue weighted by Crippen LogP contribution is -2.28. The van der Waals surface area contributed by atoms with Gasteiger partial charge in [0.25, 0.3) is 5.91 Å². The summed E-state index contributed by atoms with van der Waals surface area (Å²) in [6.07, 6.45) is 0.911. The second-order valence-corrected chi connectivity index (χ2v) is 5.43. The number of amides is 1. The van der Waals surface area contributed by atoms with Gasteiger partial charge in [-0.3, -0.25) is 4.79 Å². The van der Waals surface area contributed by atoms with Crippen LogP contribution in [-0.4, -0.2) is 19.1 Å². The summed E-state index contributed by atoms with van der Waals surface area (Å²) >= 11 is 5.91. The summed E-state index contributed by atoms with van der Waals surface area (Å²) in [5.74, 6) is 1.02. The van der Waals surface area contributed by atoms with Crippen LogP contribution in [0.15, 0.2) is 48.5 Å². The van der Waals surface area contributed by atoms with Gasteiger partial charge >= 0.3 is 0 Å². The molecule has 0 saturated heterocycles. The monoisotopic (exact) mass is 333 g/mol. The highest BCUT2D eigenvalue weighted by molar-refractivity contribution is 6.30. The second kappa shape index (κ2) is 9.06. The number of hydrogen-bond donors (Lipinski definition) is 1. The van der Waals surface area contributed by atoms with Crippen LogP contribution < -0.4 is 14.8 Å². The van der Waals surface area contributed by atoms with Crippen LogP contribution in [0.2, 0.25) is 5.02 Å². The molecule has 23 heavy (non-hydrogen) atoms. The molecule has 0 atom stereocenters. The van der Waals surface area contributed by atoms with Crippen molar-refractivity contribution in [3.8, 4) is 11.5 Å². The number of carbonyl (C=O) groups is 1. The van der Waals surface area contributed by atoms with Gasteiger partial charge in [-0.2, -0.15) is 0 Å². The van der Waals surface area contributed by atoms with E-state index in [2.05, 4.69) is 5.32 Å². The van der Waals surface area contributed by atoms with Gasteiger partial charge in [-0.05, 0) is 36.2 Å². The number of halogens is 1. The van der Waals surface area contributed by atoms with Crippen LogP contribution in [0.4, 0.5) is 0 Å². The maximum Gasteiger partial charge on any atom is 0.258 e. The van der Waals surface area contributed by atoms with Crippen molar-refractivity contribution in [3.05, 3.63) is 59.1 Å². The van der Waals surface area contributed by atoms with Crippen LogP contribution in [0.25, 0.3) is 0 Å². The molecule has 2 aromatic rings. The van der Waals surface area contributed by atoms with Crippen LogP contribution in [0.5, 0.6) is 11.5 Å². The highest BCUT2D eigenvalue weighted by Crippen LogP contribution is 2.26. The van der Waals surface area contributed by atoms with Crippen LogP contribution in [-0.2, 0) is 11.3 Å². The predicted octanol–water partition coefficient (Wildman–Crippen LogP) is 3.82. The number of para-hydroxylation sites is 2. The van der Waals surface area contributed by atoms with Gasteiger partial charge in [-0.1, -0.05) is 42.8 Å². The second-order valence-electron chi connectivity index (χ2n) is 4.99. The summed E-state index contributed by atoms with van der Waals surface area (Å²) in [5.41, 5.74) is 0.942. The molecule has 2 aromatic carbocycles. The van der Waals surface area contributed by atoms with Gasteiger partial charge in [0.15, 0.2) is 18.1 Å². The molecule has 0 spiro atoms. The molecule has 0 aromatic heterocycles. The number of ether oxygens (including phenoxy) is 2. The molecular weight excluding hydrogens is 314 g/mol. The summed E-state index contributed by atoms with van der Waals surface area (Å²) in [7, 11) is 0. The van der Waals surface area contributed by atoms with E-state index in [4.69, 9.17) is 21.1 Å². The first-order valence-electron chi connectivity index (χ1n) is 7.55. The Morgan fingerprint density at radius 3 is 2.52 bits per heavy atom. The minimum atomic E-state index is -0.199. The summed E-state index contributed by atoms with van der Waals surface area (Å²) in [6.45, 7) is 3.00. The molecule has 0 aliphatic rings. The van der Waals surface area contributed by atoms with Gasteiger partial charge in [0, 0.05) is 11.6 Å². The average Bonchev–Trinajstić information content (AvgIpc) is 2.57. The first-order chi connectivity index (χ1) is 11.2. The zero-order valence-electron chi connectivity index (χ0n) is 13.0. The van der Waals surface area contributed by atoms with E-state index in [1.54, 1.807) is 12.1 Å². The van der Waals surface area contributed by atoms with Crippen LogP contribution in [0.1, 0.15) is 18.9 Å². The van der Waals surface area contributed by atoms with E-state index in [-0.39, 0.29) is 12.5 Å². The van der Waals surface area contributed by atoms with Gasteiger partial charge < -0.3 is 14.8 Å². The fourth-order valence-electron chi connectivity index (χ4n) is 1.94. The maximum atomic E-state index is 11.9. The van der Waals surface area contributed by atoms with Crippen molar-refractivity contribution in [1.29, 1.82) is 0 Å². The van der Waals surface area contributed by atoms with Gasteiger partial charge in [-0.15, -0.1) is 0 Å². The molecule has 0 aliphatic heterocycles. The molecule has 2 rings (SSSR count). The molecule has 1 amide bonds. The Bertz CT molecular complexity index is 646. The van der Waals surface area contributed by atoms with E-state index in [1.807, 2.05) is 43.3 Å². The molecule has 0 heterocycles. The number of rotatable bonds is 8. The van der Waals surface area contributed by atoms with Gasteiger partial charge in [0.2, 0.25) is 0 Å². The fraction of sp³-hybridized carbons (Fsp3) is 0.278. The van der Waals surface area contributed by atoms with E-state index in [1.165, 1.54) is 0 Å². The highest BCUT2D eigenvalue weighted by Gasteiger charge is 2.07. The topological polar surface area (TPSA) is 47.6 Å². The lowest BCUT2D eigenvalue weighted by Gasteiger charge is -2.12. The molecule has 122 valence electrons. The molecule has 0 saturated carbocycles. The van der Waals surface area contributed by atoms with Crippen molar-refractivity contribution in [3.63, 3.8) is 0 Å². The average molecular weight is 334 g/mol. The normalized spacial score (nSPS) is 10.2. The fourth-order valence-corrected chi connectivity index (χ4v) is 2.16. The summed E-state index contributed by atoms with van der Waals surface area (Å²) in [6, 6.07) is 14.7. The Balaban J connectivity index is 1.82. The number of benzene rings is 2. The molecule has 1 N–H and O–H groups in total. The van der Waals surface area contributed by atoms with E-state index in [0.29, 0.717) is 29.7 Å². The minimum Gasteiger partial charge on any atom is -0.490 e. The van der Waals surface area contributed by atoms with E-state index >= 15 is 0 Å². The first-order valence-corrected chi connectivity index (χ1v) is 7.92. The highest BCUT2D eigenvalue weighted by atomic mass is 35.5. The molecule has 0 unspecified atom stereocenters. The van der Waals surface area contributed by atoms with E-state index < -0.39 is 0 Å². The lowest BCUT2D eigenvalue weighted by atomic mass is 10.2. The Labute approximate surface area is 141 Å². The summed E-state index contributed by atoms with van der Waals surface area (Å²) in [5, 5.41) is 3.44. The number of nitrogens with one attached hydrogen (secondary N) is 1. The van der Waals surface area contributed by atoms with Crippen molar-refractivity contribution in [2.45, 2.75) is 19.9 Å². The third-order valence-corrected chi connectivity index (χ3v) is 3.28. The Morgan fingerprint density at radius 1 is 1.09 bits per heavy atom. The SMILES string of the molecule is CCCOc1ccccc1OCC(=O)NCc1cccc(Cl)c1. The third-order valence-electron chi connectivity index (χ3n) is 3.05. The summed E-state index contributed by atoms with van der Waals surface area (Å²) < 4.78 is 11.1. The van der Waals surface area contributed by atoms with Gasteiger partial charge in [0.05, 0.1) is 6.61 Å². The third kappa shape index (κ3) is 5.83. The largest absolute Gasteiger partial charge is 0.490 e. The van der Waals surface area contributed by atoms with Crippen LogP contribution in [0, 0.1) is 0 Å². The molecule has 0 aliphatic carbocycles. The zero-order chi connectivity index (χ0) is 16.5. The van der Waals surface area contributed by atoms with Gasteiger partial charge in [-0.25, -0.2) is 0 Å². The lowest BCUT2D eigenvalue weighted by molar-refractivity contribution is -0.123. The molecule has 5 heteroatoms. The van der Waals surface area contributed by atoms with Crippen molar-refractivity contribution in [2.75, 3.05) is 13.2 Å². The molecule has 0 radical (unpaired) electrons. The molecule has 4 nitrogen and oxygen atoms in total. The molecule has 0 bridgehead atoms. The molecule has 0 fully saturated rings.